The number of ether oxygens (including phenoxy) is 2. The Morgan fingerprint density at radius 2 is 1.88 bits per heavy atom. The number of hydrazine groups is 1. The molecule has 9 nitrogen and oxygen atoms in total. The lowest BCUT2D eigenvalue weighted by atomic mass is 10.2. The highest BCUT2D eigenvalue weighted by Crippen LogP contribution is 2.28. The van der Waals surface area contributed by atoms with Crippen LogP contribution in [-0.4, -0.2) is 35.7 Å². The molecule has 0 aliphatic carbocycles. The molecule has 0 radical (unpaired) electrons. The van der Waals surface area contributed by atoms with E-state index in [2.05, 4.69) is 21.0 Å². The molecular weight excluding hydrogens is 412 g/mol. The van der Waals surface area contributed by atoms with Crippen molar-refractivity contribution in [1.82, 2.24) is 21.0 Å². The van der Waals surface area contributed by atoms with Crippen molar-refractivity contribution in [3.63, 3.8) is 0 Å². The second-order valence-corrected chi connectivity index (χ2v) is 6.95. The Balaban J connectivity index is 1.43. The van der Waals surface area contributed by atoms with Crippen LogP contribution in [0.15, 0.2) is 53.1 Å². The monoisotopic (exact) mass is 438 g/mol. The zero-order valence-corrected chi connectivity index (χ0v) is 18.1. The zero-order chi connectivity index (χ0) is 22.8. The minimum absolute atomic E-state index is 0.191. The van der Waals surface area contributed by atoms with Crippen molar-refractivity contribution in [3.05, 3.63) is 60.0 Å². The molecule has 3 aromatic rings. The minimum atomic E-state index is -0.455. The van der Waals surface area contributed by atoms with Crippen LogP contribution in [0, 0.1) is 0 Å². The summed E-state index contributed by atoms with van der Waals surface area (Å²) in [4.78, 5) is 28.7. The van der Waals surface area contributed by atoms with Gasteiger partial charge in [-0.2, -0.15) is 4.98 Å². The van der Waals surface area contributed by atoms with Gasteiger partial charge in [0.15, 0.2) is 11.5 Å². The molecule has 0 saturated heterocycles. The molecule has 2 amide bonds. The minimum Gasteiger partial charge on any atom is -0.493 e. The highest BCUT2D eigenvalue weighted by atomic mass is 16.5. The summed E-state index contributed by atoms with van der Waals surface area (Å²) in [6, 6.07) is 14.3. The molecule has 1 heterocycles. The van der Waals surface area contributed by atoms with E-state index in [0.717, 1.165) is 12.0 Å². The predicted octanol–water partition coefficient (Wildman–Crippen LogP) is 3.32. The highest BCUT2D eigenvalue weighted by molar-refractivity contribution is 5.96. The van der Waals surface area contributed by atoms with E-state index in [-0.39, 0.29) is 12.3 Å². The van der Waals surface area contributed by atoms with Gasteiger partial charge >= 0.3 is 0 Å². The van der Waals surface area contributed by atoms with Gasteiger partial charge < -0.3 is 14.0 Å². The van der Waals surface area contributed by atoms with E-state index in [1.54, 1.807) is 18.2 Å². The smallest absolute Gasteiger partial charge is 0.269 e. The molecule has 0 saturated carbocycles. The highest BCUT2D eigenvalue weighted by Gasteiger charge is 2.13. The SMILES string of the molecule is CCCOc1ccc(C(=O)NNC(=O)CCCc2nc(-c3ccccc3)no2)cc1OC. The molecule has 1 aromatic heterocycles. The van der Waals surface area contributed by atoms with Crippen molar-refractivity contribution in [2.24, 2.45) is 0 Å². The largest absolute Gasteiger partial charge is 0.493 e. The van der Waals surface area contributed by atoms with Gasteiger partial charge in [0.2, 0.25) is 17.6 Å². The van der Waals surface area contributed by atoms with Crippen LogP contribution >= 0.6 is 0 Å². The standard InChI is InChI=1S/C23H26N4O5/c1-3-14-31-18-13-12-17(15-19(18)30-2)23(29)26-25-20(28)10-7-11-21-24-22(27-32-21)16-8-5-4-6-9-16/h4-6,8-9,12-13,15H,3,7,10-11,14H2,1-2H3,(H,25,28)(H,26,29). The molecule has 0 bridgehead atoms. The maximum absolute atomic E-state index is 12.3. The Bertz CT molecular complexity index is 1040. The van der Waals surface area contributed by atoms with Gasteiger partial charge in [-0.15, -0.1) is 0 Å². The molecule has 2 aromatic carbocycles. The molecular formula is C23H26N4O5. The fraction of sp³-hybridized carbons (Fsp3) is 0.304. The van der Waals surface area contributed by atoms with Crippen LogP contribution in [0.2, 0.25) is 0 Å². The second-order valence-electron chi connectivity index (χ2n) is 6.95. The van der Waals surface area contributed by atoms with Gasteiger partial charge in [0.05, 0.1) is 13.7 Å². The molecule has 168 valence electrons. The number of carbonyl (C=O) groups is 2. The third kappa shape index (κ3) is 6.31. The maximum Gasteiger partial charge on any atom is 0.269 e. The van der Waals surface area contributed by atoms with Crippen molar-refractivity contribution in [1.29, 1.82) is 0 Å². The molecule has 0 spiro atoms. The van der Waals surface area contributed by atoms with Crippen molar-refractivity contribution in [2.75, 3.05) is 13.7 Å². The normalized spacial score (nSPS) is 10.4. The maximum atomic E-state index is 12.3. The Labute approximate surface area is 186 Å². The zero-order valence-electron chi connectivity index (χ0n) is 18.1. The number of hydrogen-bond donors (Lipinski definition) is 2. The van der Waals surface area contributed by atoms with Crippen molar-refractivity contribution in [2.45, 2.75) is 32.6 Å². The van der Waals surface area contributed by atoms with E-state index in [1.807, 2.05) is 37.3 Å². The fourth-order valence-corrected chi connectivity index (χ4v) is 2.86. The van der Waals surface area contributed by atoms with E-state index >= 15 is 0 Å². The predicted molar refractivity (Wildman–Crippen MR) is 117 cm³/mol. The lowest BCUT2D eigenvalue weighted by Crippen LogP contribution is -2.41. The van der Waals surface area contributed by atoms with Crippen LogP contribution in [-0.2, 0) is 11.2 Å². The number of aromatic nitrogens is 2. The fourth-order valence-electron chi connectivity index (χ4n) is 2.86. The number of methoxy groups -OCH3 is 1. The number of hydrogen-bond acceptors (Lipinski definition) is 7. The van der Waals surface area contributed by atoms with Crippen LogP contribution in [0.4, 0.5) is 0 Å². The summed E-state index contributed by atoms with van der Waals surface area (Å²) < 4.78 is 16.1. The lowest BCUT2D eigenvalue weighted by molar-refractivity contribution is -0.121. The Kier molecular flexibility index (Phi) is 8.19. The van der Waals surface area contributed by atoms with Gasteiger partial charge in [0.1, 0.15) is 0 Å². The average Bonchev–Trinajstić information content (AvgIpc) is 3.30. The van der Waals surface area contributed by atoms with E-state index < -0.39 is 5.91 Å². The summed E-state index contributed by atoms with van der Waals surface area (Å²) in [6.07, 6.45) is 2.00. The lowest BCUT2D eigenvalue weighted by Gasteiger charge is -2.12. The third-order valence-corrected chi connectivity index (χ3v) is 4.50. The van der Waals surface area contributed by atoms with Crippen LogP contribution in [0.5, 0.6) is 11.5 Å². The number of benzene rings is 2. The van der Waals surface area contributed by atoms with E-state index in [0.29, 0.717) is 48.2 Å². The number of carbonyl (C=O) groups excluding carboxylic acids is 2. The molecule has 2 N–H and O–H groups in total. The third-order valence-electron chi connectivity index (χ3n) is 4.50. The molecule has 0 aliphatic rings. The van der Waals surface area contributed by atoms with Gasteiger partial charge in [0, 0.05) is 24.0 Å². The first-order valence-electron chi connectivity index (χ1n) is 10.4. The Morgan fingerprint density at radius 3 is 2.62 bits per heavy atom. The summed E-state index contributed by atoms with van der Waals surface area (Å²) in [7, 11) is 1.50. The summed E-state index contributed by atoms with van der Waals surface area (Å²) in [6.45, 7) is 2.55. The van der Waals surface area contributed by atoms with Crippen molar-refractivity contribution >= 4 is 11.8 Å². The summed E-state index contributed by atoms with van der Waals surface area (Å²) in [5, 5.41) is 3.95. The number of nitrogens with one attached hydrogen (secondary N) is 2. The quantitative estimate of drug-likeness (QED) is 0.467. The molecule has 3 rings (SSSR count). The first-order chi connectivity index (χ1) is 15.6. The number of nitrogens with zero attached hydrogens (tertiary/aromatic N) is 2. The van der Waals surface area contributed by atoms with Crippen LogP contribution < -0.4 is 20.3 Å². The second kappa shape index (κ2) is 11.5. The number of aryl methyl sites for hydroxylation is 1. The summed E-state index contributed by atoms with van der Waals surface area (Å²) in [5.41, 5.74) is 6.01. The van der Waals surface area contributed by atoms with Gasteiger partial charge in [-0.3, -0.25) is 20.4 Å². The summed E-state index contributed by atoms with van der Waals surface area (Å²) >= 11 is 0. The molecule has 0 aliphatic heterocycles. The van der Waals surface area contributed by atoms with E-state index in [1.165, 1.54) is 7.11 Å². The summed E-state index contributed by atoms with van der Waals surface area (Å²) in [5.74, 6) is 1.20. The van der Waals surface area contributed by atoms with Gasteiger partial charge in [-0.25, -0.2) is 0 Å². The topological polar surface area (TPSA) is 116 Å². The van der Waals surface area contributed by atoms with Crippen molar-refractivity contribution in [3.8, 4) is 22.9 Å². The average molecular weight is 438 g/mol. The Hall–Kier alpha value is -3.88. The first kappa shape index (κ1) is 22.8. The van der Waals surface area contributed by atoms with Gasteiger partial charge in [-0.05, 0) is 31.0 Å². The van der Waals surface area contributed by atoms with Gasteiger partial charge in [-0.1, -0.05) is 42.4 Å². The van der Waals surface area contributed by atoms with E-state index in [4.69, 9.17) is 14.0 Å². The van der Waals surface area contributed by atoms with E-state index in [9.17, 15) is 9.59 Å². The van der Waals surface area contributed by atoms with Crippen LogP contribution in [0.25, 0.3) is 11.4 Å². The van der Waals surface area contributed by atoms with Crippen molar-refractivity contribution < 1.29 is 23.6 Å². The van der Waals surface area contributed by atoms with Crippen LogP contribution in [0.1, 0.15) is 42.4 Å². The van der Waals surface area contributed by atoms with Gasteiger partial charge in [0.25, 0.3) is 5.91 Å². The molecule has 0 atom stereocenters. The molecule has 0 unspecified atom stereocenters. The molecule has 9 heteroatoms. The van der Waals surface area contributed by atoms with Crippen LogP contribution in [0.3, 0.4) is 0 Å². The molecule has 32 heavy (non-hydrogen) atoms. The molecule has 0 fully saturated rings. The number of rotatable bonds is 10. The Morgan fingerprint density at radius 1 is 1.06 bits per heavy atom. The number of amides is 2. The first-order valence-corrected chi connectivity index (χ1v) is 10.4.